The lowest BCUT2D eigenvalue weighted by atomic mass is 10.1. The lowest BCUT2D eigenvalue weighted by molar-refractivity contribution is -0.139. The molecule has 3 atom stereocenters. The Balaban J connectivity index is 1.81. The molecule has 3 N–H and O–H groups in total. The van der Waals surface area contributed by atoms with Gasteiger partial charge in [0.25, 0.3) is 0 Å². The molecule has 3 unspecified atom stereocenters. The standard InChI is InChI=1S/C28H36N4O7/c1-6-7-18(33)8-11-22(31-27(36)39-28(2,3)4)26(35)32-16-20(15-23(32)24(29)34)38-25-21-10-9-19(37-5)14-17(21)12-13-30-25/h6-7,9-10,12-14,20,22-23H,8,11,15-16H2,1-5H3,(H2,29,34)(H,31,36). The van der Waals surface area contributed by atoms with Gasteiger partial charge in [0.1, 0.15) is 29.5 Å². The molecule has 1 aromatic heterocycles. The average molecular weight is 541 g/mol. The van der Waals surface area contributed by atoms with Crippen molar-refractivity contribution in [3.63, 3.8) is 0 Å². The van der Waals surface area contributed by atoms with Crippen LogP contribution in [0.2, 0.25) is 0 Å². The summed E-state index contributed by atoms with van der Waals surface area (Å²) in [6.45, 7) is 6.84. The van der Waals surface area contributed by atoms with Gasteiger partial charge in [0.15, 0.2) is 5.78 Å². The van der Waals surface area contributed by atoms with Crippen molar-refractivity contribution >= 4 is 34.5 Å². The SMILES string of the molecule is CC=CC(=O)CCC(NC(=O)OC(C)(C)C)C(=O)N1CC(Oc2nccc3cc(OC)ccc23)CC1C(N)=O. The van der Waals surface area contributed by atoms with Crippen molar-refractivity contribution in [1.29, 1.82) is 0 Å². The number of likely N-dealkylation sites (tertiary alicyclic amines) is 1. The van der Waals surface area contributed by atoms with Crippen LogP contribution in [-0.2, 0) is 19.1 Å². The van der Waals surface area contributed by atoms with Gasteiger partial charge in [-0.1, -0.05) is 6.08 Å². The van der Waals surface area contributed by atoms with Gasteiger partial charge in [0, 0.05) is 24.4 Å². The predicted octanol–water partition coefficient (Wildman–Crippen LogP) is 2.90. The van der Waals surface area contributed by atoms with E-state index in [2.05, 4.69) is 10.3 Å². The van der Waals surface area contributed by atoms with Crippen molar-refractivity contribution in [2.75, 3.05) is 13.7 Å². The second-order valence-electron chi connectivity index (χ2n) is 10.3. The second-order valence-corrected chi connectivity index (χ2v) is 10.3. The van der Waals surface area contributed by atoms with E-state index in [0.717, 1.165) is 10.8 Å². The summed E-state index contributed by atoms with van der Waals surface area (Å²) < 4.78 is 16.7. The van der Waals surface area contributed by atoms with Gasteiger partial charge in [-0.05, 0) is 69.8 Å². The van der Waals surface area contributed by atoms with Gasteiger partial charge in [0.05, 0.1) is 13.7 Å². The number of alkyl carbamates (subject to hydrolysis) is 1. The third kappa shape index (κ3) is 7.92. The molecule has 0 spiro atoms. The Morgan fingerprint density at radius 3 is 2.62 bits per heavy atom. The number of nitrogens with one attached hydrogen (secondary N) is 1. The molecule has 1 aromatic carbocycles. The summed E-state index contributed by atoms with van der Waals surface area (Å²) >= 11 is 0. The molecule has 0 aliphatic carbocycles. The van der Waals surface area contributed by atoms with Crippen LogP contribution in [0.15, 0.2) is 42.6 Å². The van der Waals surface area contributed by atoms with E-state index in [1.807, 2.05) is 18.2 Å². The number of amides is 3. The van der Waals surface area contributed by atoms with Crippen LogP contribution in [0.4, 0.5) is 4.79 Å². The van der Waals surface area contributed by atoms with Crippen LogP contribution < -0.4 is 20.5 Å². The highest BCUT2D eigenvalue weighted by molar-refractivity contribution is 5.93. The van der Waals surface area contributed by atoms with Crippen LogP contribution in [0.25, 0.3) is 10.8 Å². The summed E-state index contributed by atoms with van der Waals surface area (Å²) in [7, 11) is 1.58. The van der Waals surface area contributed by atoms with Crippen molar-refractivity contribution in [2.24, 2.45) is 5.73 Å². The Morgan fingerprint density at radius 2 is 1.97 bits per heavy atom. The molecule has 39 heavy (non-hydrogen) atoms. The van der Waals surface area contributed by atoms with Gasteiger partial charge in [0.2, 0.25) is 17.7 Å². The summed E-state index contributed by atoms with van der Waals surface area (Å²) in [4.78, 5) is 56.3. The number of fused-ring (bicyclic) bond motifs is 1. The minimum Gasteiger partial charge on any atom is -0.497 e. The van der Waals surface area contributed by atoms with Crippen molar-refractivity contribution in [3.8, 4) is 11.6 Å². The molecular formula is C28H36N4O7. The maximum absolute atomic E-state index is 13.6. The van der Waals surface area contributed by atoms with Crippen molar-refractivity contribution < 1.29 is 33.4 Å². The molecule has 11 nitrogen and oxygen atoms in total. The maximum atomic E-state index is 13.6. The zero-order valence-electron chi connectivity index (χ0n) is 22.9. The van der Waals surface area contributed by atoms with Crippen LogP contribution in [0.1, 0.15) is 47.0 Å². The molecule has 2 aromatic rings. The van der Waals surface area contributed by atoms with Crippen molar-refractivity contribution in [3.05, 3.63) is 42.6 Å². The molecule has 1 aliphatic heterocycles. The number of carbonyl (C=O) groups is 4. The number of hydrogen-bond donors (Lipinski definition) is 2. The molecule has 210 valence electrons. The molecule has 3 rings (SSSR count). The maximum Gasteiger partial charge on any atom is 0.408 e. The number of ketones is 1. The minimum absolute atomic E-state index is 0.00887. The fraction of sp³-hybridized carbons (Fsp3) is 0.464. The summed E-state index contributed by atoms with van der Waals surface area (Å²) in [5.74, 6) is -0.430. The number of primary amides is 1. The summed E-state index contributed by atoms with van der Waals surface area (Å²) in [5.41, 5.74) is 4.86. The summed E-state index contributed by atoms with van der Waals surface area (Å²) in [6, 6.07) is 5.20. The highest BCUT2D eigenvalue weighted by Crippen LogP contribution is 2.30. The van der Waals surface area contributed by atoms with E-state index in [9.17, 15) is 19.2 Å². The Bertz CT molecular complexity index is 1250. The zero-order chi connectivity index (χ0) is 28.7. The van der Waals surface area contributed by atoms with Crippen molar-refractivity contribution in [1.82, 2.24) is 15.2 Å². The van der Waals surface area contributed by atoms with Crippen LogP contribution >= 0.6 is 0 Å². The van der Waals surface area contributed by atoms with Gasteiger partial charge in [-0.25, -0.2) is 9.78 Å². The number of nitrogens with two attached hydrogens (primary N) is 1. The Morgan fingerprint density at radius 1 is 1.23 bits per heavy atom. The number of benzene rings is 1. The molecule has 3 amide bonds. The monoisotopic (exact) mass is 540 g/mol. The molecule has 1 fully saturated rings. The topological polar surface area (TPSA) is 150 Å². The molecule has 0 saturated carbocycles. The molecule has 2 heterocycles. The molecular weight excluding hydrogens is 504 g/mol. The second kappa shape index (κ2) is 12.6. The lowest BCUT2D eigenvalue weighted by Crippen LogP contribution is -2.53. The number of rotatable bonds is 10. The smallest absolute Gasteiger partial charge is 0.408 e. The van der Waals surface area contributed by atoms with Gasteiger partial charge >= 0.3 is 6.09 Å². The number of allylic oxidation sites excluding steroid dienone is 2. The Labute approximate surface area is 227 Å². The molecule has 0 radical (unpaired) electrons. The van der Waals surface area contributed by atoms with Crippen LogP contribution in [0.5, 0.6) is 11.6 Å². The molecule has 11 heteroatoms. The Hall–Kier alpha value is -4.15. The number of ether oxygens (including phenoxy) is 3. The van der Waals surface area contributed by atoms with E-state index in [-0.39, 0.29) is 31.6 Å². The van der Waals surface area contributed by atoms with E-state index >= 15 is 0 Å². The third-order valence-electron chi connectivity index (χ3n) is 6.11. The highest BCUT2D eigenvalue weighted by atomic mass is 16.6. The molecule has 0 bridgehead atoms. The largest absolute Gasteiger partial charge is 0.497 e. The normalized spacial score (nSPS) is 18.1. The number of carbonyl (C=O) groups excluding carboxylic acids is 4. The average Bonchev–Trinajstić information content (AvgIpc) is 3.29. The minimum atomic E-state index is -1.11. The van der Waals surface area contributed by atoms with E-state index in [1.165, 1.54) is 11.0 Å². The zero-order valence-corrected chi connectivity index (χ0v) is 22.9. The molecule has 1 saturated heterocycles. The number of pyridine rings is 1. The third-order valence-corrected chi connectivity index (χ3v) is 6.11. The number of aromatic nitrogens is 1. The van der Waals surface area contributed by atoms with Crippen LogP contribution in [0, 0.1) is 0 Å². The quantitative estimate of drug-likeness (QED) is 0.437. The number of hydrogen-bond acceptors (Lipinski definition) is 8. The van der Waals surface area contributed by atoms with Gasteiger partial charge in [-0.2, -0.15) is 0 Å². The first kappa shape index (κ1) is 29.4. The number of methoxy groups -OCH3 is 1. The highest BCUT2D eigenvalue weighted by Gasteiger charge is 2.42. The van der Waals surface area contributed by atoms with Crippen LogP contribution in [0.3, 0.4) is 0 Å². The van der Waals surface area contributed by atoms with Crippen LogP contribution in [-0.4, -0.2) is 71.0 Å². The Kier molecular flexibility index (Phi) is 9.50. The van der Waals surface area contributed by atoms with Gasteiger partial charge in [-0.15, -0.1) is 0 Å². The fourth-order valence-corrected chi connectivity index (χ4v) is 4.37. The predicted molar refractivity (Wildman–Crippen MR) is 144 cm³/mol. The molecule has 1 aliphatic rings. The first-order valence-corrected chi connectivity index (χ1v) is 12.8. The van der Waals surface area contributed by atoms with Gasteiger partial charge < -0.3 is 30.2 Å². The van der Waals surface area contributed by atoms with E-state index in [4.69, 9.17) is 19.9 Å². The van der Waals surface area contributed by atoms with Crippen molar-refractivity contribution in [2.45, 2.75) is 70.7 Å². The van der Waals surface area contributed by atoms with E-state index in [1.54, 1.807) is 53.1 Å². The summed E-state index contributed by atoms with van der Waals surface area (Å²) in [6.07, 6.45) is 3.37. The first-order valence-electron chi connectivity index (χ1n) is 12.8. The lowest BCUT2D eigenvalue weighted by Gasteiger charge is -2.28. The van der Waals surface area contributed by atoms with Gasteiger partial charge in [-0.3, -0.25) is 14.4 Å². The fourth-order valence-electron chi connectivity index (χ4n) is 4.37. The first-order chi connectivity index (χ1) is 18.4. The number of nitrogens with zero attached hydrogens (tertiary/aromatic N) is 2. The van der Waals surface area contributed by atoms with E-state index in [0.29, 0.717) is 11.6 Å². The summed E-state index contributed by atoms with van der Waals surface area (Å²) in [5, 5.41) is 4.15. The van der Waals surface area contributed by atoms with E-state index < -0.39 is 41.7 Å².